The summed E-state index contributed by atoms with van der Waals surface area (Å²) in [4.78, 5) is 12.1. The lowest BCUT2D eigenvalue weighted by molar-refractivity contribution is 0.152. The van der Waals surface area contributed by atoms with E-state index in [2.05, 4.69) is 20.3 Å². The van der Waals surface area contributed by atoms with E-state index in [1.165, 1.54) is 25.3 Å². The Hall–Kier alpha value is -3.52. The minimum Gasteiger partial charge on any atom is -0.481 e. The van der Waals surface area contributed by atoms with E-state index in [0.29, 0.717) is 17.1 Å². The van der Waals surface area contributed by atoms with Gasteiger partial charge in [0.15, 0.2) is 0 Å². The molecular formula is C24H22F2N4O2. The molecule has 2 aromatic carbocycles. The molecule has 8 heteroatoms. The number of aromatic nitrogens is 3. The van der Waals surface area contributed by atoms with Crippen LogP contribution in [0.5, 0.6) is 11.9 Å². The van der Waals surface area contributed by atoms with Gasteiger partial charge < -0.3 is 19.8 Å². The molecule has 0 spiro atoms. The predicted molar refractivity (Wildman–Crippen MR) is 118 cm³/mol. The molecule has 0 unspecified atom stereocenters. The van der Waals surface area contributed by atoms with E-state index < -0.39 is 11.6 Å². The maximum atomic E-state index is 14.4. The van der Waals surface area contributed by atoms with E-state index in [1.54, 1.807) is 30.5 Å². The first-order chi connectivity index (χ1) is 15.6. The molecule has 1 saturated heterocycles. The fraction of sp³-hybridized carbons (Fsp3) is 0.250. The number of halogens is 2. The summed E-state index contributed by atoms with van der Waals surface area (Å²) in [5.74, 6) is -0.844. The molecule has 2 N–H and O–H groups in total. The molecule has 164 valence electrons. The molecule has 0 bridgehead atoms. The van der Waals surface area contributed by atoms with Crippen LogP contribution in [0, 0.1) is 11.6 Å². The van der Waals surface area contributed by atoms with Crippen LogP contribution in [0.3, 0.4) is 0 Å². The highest BCUT2D eigenvalue weighted by molar-refractivity contribution is 5.97. The highest BCUT2D eigenvalue weighted by Crippen LogP contribution is 2.34. The third-order valence-corrected chi connectivity index (χ3v) is 5.62. The van der Waals surface area contributed by atoms with Crippen LogP contribution in [-0.2, 0) is 0 Å². The Morgan fingerprint density at radius 2 is 1.91 bits per heavy atom. The third kappa shape index (κ3) is 3.89. The number of aromatic amines is 1. The Bertz CT molecular complexity index is 1250. The van der Waals surface area contributed by atoms with Crippen molar-refractivity contribution in [2.45, 2.75) is 18.9 Å². The first-order valence-electron chi connectivity index (χ1n) is 10.5. The summed E-state index contributed by atoms with van der Waals surface area (Å²) >= 11 is 0. The average Bonchev–Trinajstić information content (AvgIpc) is 3.23. The Morgan fingerprint density at radius 1 is 1.06 bits per heavy atom. The van der Waals surface area contributed by atoms with Crippen LogP contribution < -0.4 is 14.8 Å². The van der Waals surface area contributed by atoms with Crippen LogP contribution >= 0.6 is 0 Å². The molecule has 0 amide bonds. The van der Waals surface area contributed by atoms with E-state index in [-0.39, 0.29) is 17.7 Å². The molecule has 2 aromatic heterocycles. The van der Waals surface area contributed by atoms with Crippen molar-refractivity contribution in [2.24, 2.45) is 0 Å². The summed E-state index contributed by atoms with van der Waals surface area (Å²) in [5.41, 5.74) is 2.55. The van der Waals surface area contributed by atoms with Crippen molar-refractivity contribution >= 4 is 10.9 Å². The first-order valence-corrected chi connectivity index (χ1v) is 10.5. The molecule has 0 aliphatic carbocycles. The number of hydrogen-bond acceptors (Lipinski definition) is 5. The van der Waals surface area contributed by atoms with Crippen LogP contribution in [0.15, 0.2) is 48.7 Å². The Kier molecular flexibility index (Phi) is 5.45. The highest BCUT2D eigenvalue weighted by Gasteiger charge is 2.19. The number of hydrogen-bond donors (Lipinski definition) is 2. The summed E-state index contributed by atoms with van der Waals surface area (Å²) in [6, 6.07) is 11.0. The van der Waals surface area contributed by atoms with Crippen molar-refractivity contribution in [3.63, 3.8) is 0 Å². The lowest BCUT2D eigenvalue weighted by atomic mass is 10.0. The average molecular weight is 436 g/mol. The molecule has 4 aromatic rings. The lowest BCUT2D eigenvalue weighted by Gasteiger charge is -2.23. The van der Waals surface area contributed by atoms with E-state index in [4.69, 9.17) is 9.47 Å². The quantitative estimate of drug-likeness (QED) is 0.474. The summed E-state index contributed by atoms with van der Waals surface area (Å²) in [5, 5.41) is 4.08. The summed E-state index contributed by atoms with van der Waals surface area (Å²) in [6.45, 7) is 1.71. The van der Waals surface area contributed by atoms with E-state index in [9.17, 15) is 8.78 Å². The van der Waals surface area contributed by atoms with Crippen LogP contribution in [0.25, 0.3) is 33.3 Å². The molecule has 32 heavy (non-hydrogen) atoms. The van der Waals surface area contributed by atoms with Gasteiger partial charge in [-0.1, -0.05) is 12.1 Å². The number of nitrogens with one attached hydrogen (secondary N) is 2. The SMILES string of the molecule is COc1cc(-c2c[nH]c3ccc(-c4c(F)cccc4F)cc23)nc(O[C@@H]2CCCNC2)n1. The maximum absolute atomic E-state index is 14.4. The topological polar surface area (TPSA) is 72.1 Å². The number of rotatable bonds is 5. The van der Waals surface area contributed by atoms with Crippen LogP contribution in [0.4, 0.5) is 8.78 Å². The molecule has 6 nitrogen and oxygen atoms in total. The summed E-state index contributed by atoms with van der Waals surface area (Å²) < 4.78 is 40.1. The Balaban J connectivity index is 1.57. The van der Waals surface area contributed by atoms with E-state index in [1.807, 2.05) is 0 Å². The van der Waals surface area contributed by atoms with Crippen LogP contribution in [-0.4, -0.2) is 41.3 Å². The molecule has 3 heterocycles. The zero-order valence-electron chi connectivity index (χ0n) is 17.5. The Labute approximate surface area is 183 Å². The first kappa shape index (κ1) is 20.4. The van der Waals surface area contributed by atoms with Crippen LogP contribution in [0.2, 0.25) is 0 Å². The second kappa shape index (κ2) is 8.55. The van der Waals surface area contributed by atoms with Gasteiger partial charge in [0.05, 0.1) is 18.4 Å². The monoisotopic (exact) mass is 436 g/mol. The fourth-order valence-corrected chi connectivity index (χ4v) is 4.03. The van der Waals surface area contributed by atoms with Crippen molar-refractivity contribution in [1.29, 1.82) is 0 Å². The number of methoxy groups -OCH3 is 1. The summed E-state index contributed by atoms with van der Waals surface area (Å²) in [6.07, 6.45) is 3.74. The zero-order valence-corrected chi connectivity index (χ0v) is 17.5. The maximum Gasteiger partial charge on any atom is 0.320 e. The van der Waals surface area contributed by atoms with Gasteiger partial charge in [0.25, 0.3) is 0 Å². The normalized spacial score (nSPS) is 16.3. The van der Waals surface area contributed by atoms with Crippen LogP contribution in [0.1, 0.15) is 12.8 Å². The minimum absolute atomic E-state index is 0.0118. The number of fused-ring (bicyclic) bond motifs is 1. The van der Waals surface area contributed by atoms with Gasteiger partial charge in [-0.15, -0.1) is 0 Å². The van der Waals surface area contributed by atoms with Gasteiger partial charge in [-0.25, -0.2) is 8.78 Å². The van der Waals surface area contributed by atoms with Gasteiger partial charge in [-0.05, 0) is 49.2 Å². The van der Waals surface area contributed by atoms with E-state index in [0.717, 1.165) is 42.4 Å². The fourth-order valence-electron chi connectivity index (χ4n) is 4.03. The molecular weight excluding hydrogens is 414 g/mol. The van der Waals surface area contributed by atoms with Gasteiger partial charge >= 0.3 is 6.01 Å². The molecule has 1 fully saturated rings. The number of piperidine rings is 1. The van der Waals surface area contributed by atoms with Crippen molar-refractivity contribution < 1.29 is 18.3 Å². The number of benzene rings is 2. The van der Waals surface area contributed by atoms with Crippen molar-refractivity contribution in [2.75, 3.05) is 20.2 Å². The third-order valence-electron chi connectivity index (χ3n) is 5.62. The Morgan fingerprint density at radius 3 is 2.66 bits per heavy atom. The lowest BCUT2D eigenvalue weighted by Crippen LogP contribution is -2.37. The van der Waals surface area contributed by atoms with Gasteiger partial charge in [0.1, 0.15) is 17.7 Å². The molecule has 0 saturated carbocycles. The second-order valence-corrected chi connectivity index (χ2v) is 7.72. The predicted octanol–water partition coefficient (Wildman–Crippen LogP) is 4.71. The summed E-state index contributed by atoms with van der Waals surface area (Å²) in [7, 11) is 1.53. The number of nitrogens with zero attached hydrogens (tertiary/aromatic N) is 2. The number of ether oxygens (including phenoxy) is 2. The standard InChI is InChI=1S/C24H22F2N4O2/c1-31-22-11-21(29-24(30-22)32-15-4-3-9-27-12-15)17-13-28-20-8-7-14(10-16(17)20)23-18(25)5-2-6-19(23)26/h2,5-8,10-11,13,15,27-28H,3-4,9,12H2,1H3/t15-/m1/s1. The van der Waals surface area contributed by atoms with Gasteiger partial charge in [0.2, 0.25) is 5.88 Å². The molecule has 0 radical (unpaired) electrons. The number of H-pyrrole nitrogens is 1. The molecule has 1 atom stereocenters. The highest BCUT2D eigenvalue weighted by atomic mass is 19.1. The molecule has 1 aliphatic rings. The van der Waals surface area contributed by atoms with Crippen molar-refractivity contribution in [3.8, 4) is 34.3 Å². The molecule has 1 aliphatic heterocycles. The second-order valence-electron chi connectivity index (χ2n) is 7.72. The minimum atomic E-state index is -0.609. The smallest absolute Gasteiger partial charge is 0.320 e. The van der Waals surface area contributed by atoms with E-state index >= 15 is 0 Å². The largest absolute Gasteiger partial charge is 0.481 e. The van der Waals surface area contributed by atoms with Gasteiger partial charge in [0, 0.05) is 35.3 Å². The van der Waals surface area contributed by atoms with Crippen molar-refractivity contribution in [3.05, 3.63) is 60.3 Å². The van der Waals surface area contributed by atoms with Gasteiger partial charge in [-0.3, -0.25) is 0 Å². The zero-order chi connectivity index (χ0) is 22.1. The van der Waals surface area contributed by atoms with Crippen molar-refractivity contribution in [1.82, 2.24) is 20.3 Å². The molecule has 5 rings (SSSR count). The van der Waals surface area contributed by atoms with Gasteiger partial charge in [-0.2, -0.15) is 9.97 Å².